The van der Waals surface area contributed by atoms with Crippen LogP contribution in [0.2, 0.25) is 0 Å². The van der Waals surface area contributed by atoms with Crippen LogP contribution in [0, 0.1) is 0 Å². The lowest BCUT2D eigenvalue weighted by Crippen LogP contribution is -2.40. The third kappa shape index (κ3) is 2.53. The van der Waals surface area contributed by atoms with E-state index in [-0.39, 0.29) is 12.5 Å². The number of hydrogen-bond donors (Lipinski definition) is 0. The van der Waals surface area contributed by atoms with Crippen molar-refractivity contribution in [3.05, 3.63) is 24.3 Å². The van der Waals surface area contributed by atoms with Gasteiger partial charge in [-0.15, -0.1) is 5.10 Å². The van der Waals surface area contributed by atoms with Gasteiger partial charge in [-0.1, -0.05) is 36.6 Å². The van der Waals surface area contributed by atoms with Gasteiger partial charge in [0, 0.05) is 13.1 Å². The van der Waals surface area contributed by atoms with E-state index in [1.54, 1.807) is 4.68 Å². The molecule has 0 saturated heterocycles. The summed E-state index contributed by atoms with van der Waals surface area (Å²) in [6.45, 7) is 0.271. The molecule has 1 fully saturated rings. The lowest BCUT2D eigenvalue weighted by atomic mass is 9.94. The van der Waals surface area contributed by atoms with Crippen molar-refractivity contribution in [2.24, 2.45) is 0 Å². The quantitative estimate of drug-likeness (QED) is 0.861. The minimum absolute atomic E-state index is 0.118. The van der Waals surface area contributed by atoms with Gasteiger partial charge in [-0.25, -0.2) is 4.68 Å². The fourth-order valence-electron chi connectivity index (χ4n) is 2.95. The minimum Gasteiger partial charge on any atom is -0.341 e. The lowest BCUT2D eigenvalue weighted by molar-refractivity contribution is -0.133. The Morgan fingerprint density at radius 2 is 2.05 bits per heavy atom. The number of para-hydroxylation sites is 1. The molecule has 0 unspecified atom stereocenters. The van der Waals surface area contributed by atoms with Crippen molar-refractivity contribution in [1.82, 2.24) is 19.9 Å². The van der Waals surface area contributed by atoms with Gasteiger partial charge in [0.1, 0.15) is 12.1 Å². The van der Waals surface area contributed by atoms with Crippen molar-refractivity contribution in [3.63, 3.8) is 0 Å². The van der Waals surface area contributed by atoms with E-state index in [0.717, 1.165) is 23.9 Å². The molecule has 0 N–H and O–H groups in total. The predicted molar refractivity (Wildman–Crippen MR) is 77.2 cm³/mol. The van der Waals surface area contributed by atoms with Crippen LogP contribution in [0.5, 0.6) is 0 Å². The highest BCUT2D eigenvalue weighted by molar-refractivity contribution is 5.79. The normalized spacial score (nSPS) is 16.4. The SMILES string of the molecule is CN(C(=O)Cn1nnc2ccccc21)C1CCCCC1. The Kier molecular flexibility index (Phi) is 3.67. The van der Waals surface area contributed by atoms with Crippen LogP contribution in [0.25, 0.3) is 11.0 Å². The topological polar surface area (TPSA) is 51.0 Å². The van der Waals surface area contributed by atoms with E-state index in [0.29, 0.717) is 6.04 Å². The second-order valence-corrected chi connectivity index (χ2v) is 5.53. The van der Waals surface area contributed by atoms with Gasteiger partial charge >= 0.3 is 0 Å². The van der Waals surface area contributed by atoms with Gasteiger partial charge < -0.3 is 4.90 Å². The standard InChI is InChI=1S/C15H20N4O/c1-18(12-7-3-2-4-8-12)15(20)11-19-14-10-6-5-9-13(14)16-17-19/h5-6,9-10,12H,2-4,7-8,11H2,1H3. The predicted octanol–water partition coefficient (Wildman–Crippen LogP) is 2.22. The van der Waals surface area contributed by atoms with Crippen LogP contribution in [-0.4, -0.2) is 38.9 Å². The molecule has 1 aliphatic carbocycles. The maximum Gasteiger partial charge on any atom is 0.244 e. The van der Waals surface area contributed by atoms with E-state index in [4.69, 9.17) is 0 Å². The highest BCUT2D eigenvalue weighted by atomic mass is 16.2. The molecule has 3 rings (SSSR count). The van der Waals surface area contributed by atoms with E-state index in [2.05, 4.69) is 10.3 Å². The molecule has 1 saturated carbocycles. The van der Waals surface area contributed by atoms with Crippen molar-refractivity contribution < 1.29 is 4.79 Å². The van der Waals surface area contributed by atoms with Gasteiger partial charge in [0.15, 0.2) is 0 Å². The van der Waals surface area contributed by atoms with E-state index in [1.807, 2.05) is 36.2 Å². The van der Waals surface area contributed by atoms with E-state index >= 15 is 0 Å². The molecule has 5 nitrogen and oxygen atoms in total. The van der Waals surface area contributed by atoms with Crippen LogP contribution in [0.4, 0.5) is 0 Å². The van der Waals surface area contributed by atoms with Gasteiger partial charge in [0.05, 0.1) is 5.52 Å². The molecule has 0 bridgehead atoms. The van der Waals surface area contributed by atoms with Crippen molar-refractivity contribution >= 4 is 16.9 Å². The lowest BCUT2D eigenvalue weighted by Gasteiger charge is -2.31. The molecule has 20 heavy (non-hydrogen) atoms. The van der Waals surface area contributed by atoms with E-state index < -0.39 is 0 Å². The first kappa shape index (κ1) is 13.1. The Labute approximate surface area is 118 Å². The van der Waals surface area contributed by atoms with E-state index in [9.17, 15) is 4.79 Å². The summed E-state index contributed by atoms with van der Waals surface area (Å²) in [5.74, 6) is 0.118. The number of benzene rings is 1. The smallest absolute Gasteiger partial charge is 0.244 e. The highest BCUT2D eigenvalue weighted by Gasteiger charge is 2.22. The van der Waals surface area contributed by atoms with Crippen molar-refractivity contribution in [3.8, 4) is 0 Å². The van der Waals surface area contributed by atoms with Crippen LogP contribution >= 0.6 is 0 Å². The third-order valence-electron chi connectivity index (χ3n) is 4.22. The number of fused-ring (bicyclic) bond motifs is 1. The molecule has 2 aromatic rings. The fraction of sp³-hybridized carbons (Fsp3) is 0.533. The number of carbonyl (C=O) groups is 1. The first-order chi connectivity index (χ1) is 9.75. The third-order valence-corrected chi connectivity index (χ3v) is 4.22. The highest BCUT2D eigenvalue weighted by Crippen LogP contribution is 2.22. The average molecular weight is 272 g/mol. The second kappa shape index (κ2) is 5.61. The van der Waals surface area contributed by atoms with Crippen LogP contribution in [0.3, 0.4) is 0 Å². The average Bonchev–Trinajstić information content (AvgIpc) is 2.91. The number of aromatic nitrogens is 3. The maximum atomic E-state index is 12.4. The molecule has 0 radical (unpaired) electrons. The largest absolute Gasteiger partial charge is 0.341 e. The number of nitrogens with zero attached hydrogens (tertiary/aromatic N) is 4. The number of amides is 1. The van der Waals surface area contributed by atoms with Gasteiger partial charge in [-0.05, 0) is 25.0 Å². The summed E-state index contributed by atoms with van der Waals surface area (Å²) in [4.78, 5) is 14.3. The van der Waals surface area contributed by atoms with Gasteiger partial charge in [0.2, 0.25) is 5.91 Å². The van der Waals surface area contributed by atoms with Gasteiger partial charge in [-0.2, -0.15) is 0 Å². The van der Waals surface area contributed by atoms with Crippen molar-refractivity contribution in [2.45, 2.75) is 44.7 Å². The van der Waals surface area contributed by atoms with Gasteiger partial charge in [0.25, 0.3) is 0 Å². The summed E-state index contributed by atoms with van der Waals surface area (Å²) in [6.07, 6.45) is 6.01. The minimum atomic E-state index is 0.118. The molecule has 106 valence electrons. The zero-order valence-electron chi connectivity index (χ0n) is 11.8. The summed E-state index contributed by atoms with van der Waals surface area (Å²) in [7, 11) is 1.91. The Balaban J connectivity index is 1.71. The molecular formula is C15H20N4O. The maximum absolute atomic E-state index is 12.4. The Morgan fingerprint density at radius 3 is 2.85 bits per heavy atom. The van der Waals surface area contributed by atoms with Crippen molar-refractivity contribution in [2.75, 3.05) is 7.05 Å². The van der Waals surface area contributed by atoms with Gasteiger partial charge in [-0.3, -0.25) is 4.79 Å². The molecule has 1 aromatic carbocycles. The zero-order valence-corrected chi connectivity index (χ0v) is 11.8. The number of likely N-dealkylation sites (N-methyl/N-ethyl adjacent to an activating group) is 1. The summed E-state index contributed by atoms with van der Waals surface area (Å²) in [5.41, 5.74) is 1.75. The molecular weight excluding hydrogens is 252 g/mol. The number of rotatable bonds is 3. The molecule has 0 atom stereocenters. The molecule has 1 heterocycles. The number of hydrogen-bond acceptors (Lipinski definition) is 3. The zero-order chi connectivity index (χ0) is 13.9. The first-order valence-electron chi connectivity index (χ1n) is 7.29. The van der Waals surface area contributed by atoms with Crippen molar-refractivity contribution in [1.29, 1.82) is 0 Å². The molecule has 5 heteroatoms. The Bertz CT molecular complexity index is 601. The Morgan fingerprint density at radius 1 is 1.30 bits per heavy atom. The number of carbonyl (C=O) groups excluding carboxylic acids is 1. The summed E-state index contributed by atoms with van der Waals surface area (Å²) < 4.78 is 1.69. The molecule has 1 amide bonds. The summed E-state index contributed by atoms with van der Waals surface area (Å²) in [5, 5.41) is 8.17. The van der Waals surface area contributed by atoms with Crippen LogP contribution < -0.4 is 0 Å². The van der Waals surface area contributed by atoms with Crippen LogP contribution in [-0.2, 0) is 11.3 Å². The summed E-state index contributed by atoms with van der Waals surface area (Å²) >= 11 is 0. The fourth-order valence-corrected chi connectivity index (χ4v) is 2.95. The molecule has 1 aliphatic rings. The monoisotopic (exact) mass is 272 g/mol. The summed E-state index contributed by atoms with van der Waals surface area (Å²) in [6, 6.07) is 8.12. The van der Waals surface area contributed by atoms with Crippen LogP contribution in [0.15, 0.2) is 24.3 Å². The first-order valence-corrected chi connectivity index (χ1v) is 7.29. The Hall–Kier alpha value is -1.91. The second-order valence-electron chi connectivity index (χ2n) is 5.53. The molecule has 1 aromatic heterocycles. The molecule has 0 spiro atoms. The molecule has 0 aliphatic heterocycles. The van der Waals surface area contributed by atoms with Crippen LogP contribution in [0.1, 0.15) is 32.1 Å². The van der Waals surface area contributed by atoms with E-state index in [1.165, 1.54) is 19.3 Å².